The predicted octanol–water partition coefficient (Wildman–Crippen LogP) is 3.14. The maximum atomic E-state index is 5.99. The van der Waals surface area contributed by atoms with Crippen LogP contribution in [0, 0.1) is 0 Å². The van der Waals surface area contributed by atoms with Crippen molar-refractivity contribution in [3.63, 3.8) is 0 Å². The molecule has 1 rings (SSSR count). The molecule has 0 amide bonds. The van der Waals surface area contributed by atoms with Gasteiger partial charge in [0.05, 0.1) is 6.61 Å². The van der Waals surface area contributed by atoms with Gasteiger partial charge in [0.25, 0.3) is 0 Å². The maximum absolute atomic E-state index is 5.99. The van der Waals surface area contributed by atoms with Gasteiger partial charge in [-0.1, -0.05) is 23.2 Å². The van der Waals surface area contributed by atoms with Crippen LogP contribution in [0.15, 0.2) is 30.4 Å². The second-order valence-corrected chi connectivity index (χ2v) is 3.88. The molecule has 0 fully saturated rings. The van der Waals surface area contributed by atoms with E-state index >= 15 is 0 Å². The van der Waals surface area contributed by atoms with E-state index in [1.54, 1.807) is 0 Å². The quantitative estimate of drug-likeness (QED) is 0.782. The Labute approximate surface area is 95.7 Å². The van der Waals surface area contributed by atoms with E-state index in [9.17, 15) is 0 Å². The molecule has 0 aliphatic heterocycles. The number of hydrogen-bond acceptors (Lipinski definition) is 2. The maximum Gasteiger partial charge on any atom is 0.125 e. The van der Waals surface area contributed by atoms with Gasteiger partial charge in [-0.25, -0.2) is 0 Å². The Morgan fingerprint density at radius 2 is 2.27 bits per heavy atom. The molecule has 0 heterocycles. The number of benzene rings is 1. The average Bonchev–Trinajstić information content (AvgIpc) is 2.17. The topological polar surface area (TPSA) is 35.2 Å². The molecule has 1 aromatic rings. The summed E-state index contributed by atoms with van der Waals surface area (Å²) < 4.78 is 5.59. The predicted molar refractivity (Wildman–Crippen MR) is 64.3 cm³/mol. The van der Waals surface area contributed by atoms with Crippen LogP contribution in [0.5, 0.6) is 5.75 Å². The van der Waals surface area contributed by atoms with E-state index in [-0.39, 0.29) is 0 Å². The molecule has 0 aromatic heterocycles. The van der Waals surface area contributed by atoms with Crippen molar-refractivity contribution in [2.75, 3.05) is 6.61 Å². The molecule has 0 spiro atoms. The van der Waals surface area contributed by atoms with Gasteiger partial charge in [0.1, 0.15) is 5.75 Å². The summed E-state index contributed by atoms with van der Waals surface area (Å²) in [4.78, 5) is 0. The Hall–Kier alpha value is -0.990. The fourth-order valence-corrected chi connectivity index (χ4v) is 1.45. The minimum absolute atomic E-state index is 0.391. The van der Waals surface area contributed by atoms with Crippen molar-refractivity contribution in [2.45, 2.75) is 19.9 Å². The van der Waals surface area contributed by atoms with Crippen LogP contribution in [0.25, 0.3) is 0 Å². The average molecular weight is 226 g/mol. The largest absolute Gasteiger partial charge is 0.493 e. The van der Waals surface area contributed by atoms with E-state index in [1.165, 1.54) is 0 Å². The van der Waals surface area contributed by atoms with Crippen LogP contribution in [0.1, 0.15) is 18.9 Å². The molecule has 0 aliphatic rings. The van der Waals surface area contributed by atoms with Crippen molar-refractivity contribution in [1.29, 1.82) is 0 Å². The first-order valence-corrected chi connectivity index (χ1v) is 5.27. The molecule has 2 nitrogen and oxygen atoms in total. The number of rotatable bonds is 5. The van der Waals surface area contributed by atoms with Gasteiger partial charge in [0, 0.05) is 23.6 Å². The lowest BCUT2D eigenvalue weighted by molar-refractivity contribution is 0.318. The summed E-state index contributed by atoms with van der Waals surface area (Å²) >= 11 is 5.99. The first kappa shape index (κ1) is 12.1. The highest BCUT2D eigenvalue weighted by molar-refractivity contribution is 6.31. The van der Waals surface area contributed by atoms with Gasteiger partial charge in [0.2, 0.25) is 0 Å². The third kappa shape index (κ3) is 3.57. The molecule has 2 N–H and O–H groups in total. The summed E-state index contributed by atoms with van der Waals surface area (Å²) in [7, 11) is 0. The molecule has 0 bridgehead atoms. The number of ether oxygens (including phenoxy) is 1. The summed E-state index contributed by atoms with van der Waals surface area (Å²) in [5, 5.41) is 0.658. The van der Waals surface area contributed by atoms with Crippen LogP contribution >= 0.6 is 11.6 Å². The summed E-state index contributed by atoms with van der Waals surface area (Å²) in [5.41, 5.74) is 7.57. The molecule has 15 heavy (non-hydrogen) atoms. The first-order valence-electron chi connectivity index (χ1n) is 4.89. The zero-order chi connectivity index (χ0) is 11.3. The van der Waals surface area contributed by atoms with Gasteiger partial charge in [-0.3, -0.25) is 0 Å². The lowest BCUT2D eigenvalue weighted by Gasteiger charge is -2.11. The summed E-state index contributed by atoms with van der Waals surface area (Å²) in [6.45, 7) is 6.80. The smallest absolute Gasteiger partial charge is 0.125 e. The molecule has 1 aromatic carbocycles. The second kappa shape index (κ2) is 5.79. The number of hydrogen-bond donors (Lipinski definition) is 1. The molecule has 0 saturated carbocycles. The van der Waals surface area contributed by atoms with Crippen LogP contribution in [-0.4, -0.2) is 6.61 Å². The fraction of sp³-hybridized carbons (Fsp3) is 0.333. The van der Waals surface area contributed by atoms with Crippen molar-refractivity contribution in [1.82, 2.24) is 0 Å². The zero-order valence-electron chi connectivity index (χ0n) is 8.92. The van der Waals surface area contributed by atoms with Crippen molar-refractivity contribution in [3.8, 4) is 5.75 Å². The Balaban J connectivity index is 2.67. The Kier molecular flexibility index (Phi) is 4.66. The lowest BCUT2D eigenvalue weighted by Crippen LogP contribution is -2.04. The number of nitrogens with two attached hydrogens (primary N) is 1. The summed E-state index contributed by atoms with van der Waals surface area (Å²) in [5.74, 6) is 0.770. The second-order valence-electron chi connectivity index (χ2n) is 3.48. The first-order chi connectivity index (χ1) is 7.15. The third-order valence-corrected chi connectivity index (χ3v) is 2.42. The molecule has 0 saturated heterocycles. The van der Waals surface area contributed by atoms with Crippen molar-refractivity contribution >= 4 is 11.6 Å². The SMILES string of the molecule is C=C(C)CCOc1cccc(Cl)c1CN. The molecular weight excluding hydrogens is 210 g/mol. The van der Waals surface area contributed by atoms with E-state index in [1.807, 2.05) is 25.1 Å². The number of halogens is 1. The van der Waals surface area contributed by atoms with E-state index in [2.05, 4.69) is 6.58 Å². The summed E-state index contributed by atoms with van der Waals surface area (Å²) in [6.07, 6.45) is 0.844. The van der Waals surface area contributed by atoms with Crippen molar-refractivity contribution in [3.05, 3.63) is 40.9 Å². The van der Waals surface area contributed by atoms with E-state index in [0.717, 1.165) is 23.3 Å². The molecule has 0 aliphatic carbocycles. The molecule has 3 heteroatoms. The van der Waals surface area contributed by atoms with Gasteiger partial charge >= 0.3 is 0 Å². The molecule has 82 valence electrons. The van der Waals surface area contributed by atoms with Crippen LogP contribution in [0.2, 0.25) is 5.02 Å². The van der Waals surface area contributed by atoms with E-state index < -0.39 is 0 Å². The molecule has 0 radical (unpaired) electrons. The minimum Gasteiger partial charge on any atom is -0.493 e. The van der Waals surface area contributed by atoms with Gasteiger partial charge in [-0.2, -0.15) is 0 Å². The van der Waals surface area contributed by atoms with E-state index in [4.69, 9.17) is 22.1 Å². The van der Waals surface area contributed by atoms with Crippen LogP contribution in [0.3, 0.4) is 0 Å². The van der Waals surface area contributed by atoms with Crippen LogP contribution in [-0.2, 0) is 6.54 Å². The van der Waals surface area contributed by atoms with Gasteiger partial charge in [-0.15, -0.1) is 6.58 Å². The molecule has 0 unspecified atom stereocenters. The summed E-state index contributed by atoms with van der Waals surface area (Å²) in [6, 6.07) is 5.56. The van der Waals surface area contributed by atoms with Crippen molar-refractivity contribution < 1.29 is 4.74 Å². The molecular formula is C12H16ClNO. The fourth-order valence-electron chi connectivity index (χ4n) is 1.21. The van der Waals surface area contributed by atoms with Gasteiger partial charge in [0.15, 0.2) is 0 Å². The normalized spacial score (nSPS) is 10.1. The Bertz CT molecular complexity index is 349. The highest BCUT2D eigenvalue weighted by Gasteiger charge is 2.05. The zero-order valence-corrected chi connectivity index (χ0v) is 9.68. The van der Waals surface area contributed by atoms with Crippen LogP contribution in [0.4, 0.5) is 0 Å². The highest BCUT2D eigenvalue weighted by Crippen LogP contribution is 2.25. The monoisotopic (exact) mass is 225 g/mol. The van der Waals surface area contributed by atoms with Gasteiger partial charge in [-0.05, 0) is 19.1 Å². The third-order valence-electron chi connectivity index (χ3n) is 2.07. The van der Waals surface area contributed by atoms with Crippen molar-refractivity contribution in [2.24, 2.45) is 5.73 Å². The highest BCUT2D eigenvalue weighted by atomic mass is 35.5. The Morgan fingerprint density at radius 3 is 2.87 bits per heavy atom. The van der Waals surface area contributed by atoms with E-state index in [0.29, 0.717) is 18.2 Å². The minimum atomic E-state index is 0.391. The standard InChI is InChI=1S/C12H16ClNO/c1-9(2)6-7-15-12-5-3-4-11(13)10(12)8-14/h3-5H,1,6-8,14H2,2H3. The Morgan fingerprint density at radius 1 is 1.53 bits per heavy atom. The van der Waals surface area contributed by atoms with Gasteiger partial charge < -0.3 is 10.5 Å². The lowest BCUT2D eigenvalue weighted by atomic mass is 10.2. The van der Waals surface area contributed by atoms with Crippen LogP contribution < -0.4 is 10.5 Å². The molecule has 0 atom stereocenters.